The number of aromatic nitrogens is 4. The van der Waals surface area contributed by atoms with Crippen LogP contribution in [0.1, 0.15) is 37.8 Å². The first-order valence-electron chi connectivity index (χ1n) is 8.85. The van der Waals surface area contributed by atoms with Gasteiger partial charge in [-0.15, -0.1) is 0 Å². The van der Waals surface area contributed by atoms with Crippen molar-refractivity contribution in [2.45, 2.75) is 38.6 Å². The first-order chi connectivity index (χ1) is 11.7. The standard InChI is InChI=1S/C17H24N6O/c1-12(24)18-7-9-23-17-16(19-5-6-20-17)15(21-23)14-4-8-22(11-14)10-13-2-3-13/h5-6,13-14H,2-4,7-11H2,1H3,(H,18,24)/t14-/m1/s1. The van der Waals surface area contributed by atoms with Gasteiger partial charge in [-0.3, -0.25) is 4.79 Å². The van der Waals surface area contributed by atoms with Crippen LogP contribution < -0.4 is 5.32 Å². The van der Waals surface area contributed by atoms with Crippen LogP contribution in [0.25, 0.3) is 11.2 Å². The number of hydrogen-bond acceptors (Lipinski definition) is 5. The number of carbonyl (C=O) groups is 1. The third-order valence-electron chi connectivity index (χ3n) is 4.96. The lowest BCUT2D eigenvalue weighted by Gasteiger charge is -2.14. The Kier molecular flexibility index (Phi) is 4.18. The van der Waals surface area contributed by atoms with Gasteiger partial charge in [0.2, 0.25) is 5.91 Å². The summed E-state index contributed by atoms with van der Waals surface area (Å²) >= 11 is 0. The summed E-state index contributed by atoms with van der Waals surface area (Å²) in [4.78, 5) is 22.6. The second-order valence-electron chi connectivity index (χ2n) is 7.01. The SMILES string of the molecule is CC(=O)NCCn1nc([C@@H]2CCN(CC3CC3)C2)c2nccnc21. The summed E-state index contributed by atoms with van der Waals surface area (Å²) in [7, 11) is 0. The number of nitrogens with one attached hydrogen (secondary N) is 1. The van der Waals surface area contributed by atoms with Crippen LogP contribution in [-0.4, -0.2) is 56.7 Å². The predicted molar refractivity (Wildman–Crippen MR) is 90.5 cm³/mol. The zero-order valence-electron chi connectivity index (χ0n) is 14.1. The first kappa shape index (κ1) is 15.5. The molecular weight excluding hydrogens is 304 g/mol. The second-order valence-corrected chi connectivity index (χ2v) is 7.01. The van der Waals surface area contributed by atoms with Gasteiger partial charge in [0.15, 0.2) is 5.65 Å². The van der Waals surface area contributed by atoms with Crippen molar-refractivity contribution in [1.82, 2.24) is 30.0 Å². The maximum absolute atomic E-state index is 11.1. The Bertz CT molecular complexity index is 738. The molecule has 1 amide bonds. The molecular formula is C17H24N6O. The Morgan fingerprint density at radius 1 is 1.29 bits per heavy atom. The van der Waals surface area contributed by atoms with Crippen molar-refractivity contribution in [1.29, 1.82) is 0 Å². The molecule has 1 saturated heterocycles. The minimum atomic E-state index is -0.0238. The minimum Gasteiger partial charge on any atom is -0.354 e. The number of hydrogen-bond donors (Lipinski definition) is 1. The number of likely N-dealkylation sites (tertiary alicyclic amines) is 1. The Labute approximate surface area is 141 Å². The third-order valence-corrected chi connectivity index (χ3v) is 4.96. The largest absolute Gasteiger partial charge is 0.354 e. The zero-order chi connectivity index (χ0) is 16.5. The van der Waals surface area contributed by atoms with Crippen LogP contribution in [0.5, 0.6) is 0 Å². The molecule has 2 aliphatic rings. The van der Waals surface area contributed by atoms with Crippen molar-refractivity contribution in [3.63, 3.8) is 0 Å². The summed E-state index contributed by atoms with van der Waals surface area (Å²) in [5, 5.41) is 7.63. The van der Waals surface area contributed by atoms with Crippen molar-refractivity contribution >= 4 is 17.1 Å². The maximum atomic E-state index is 11.1. The molecule has 7 nitrogen and oxygen atoms in total. The molecule has 3 heterocycles. The lowest BCUT2D eigenvalue weighted by molar-refractivity contribution is -0.118. The molecule has 7 heteroatoms. The fraction of sp³-hybridized carbons (Fsp3) is 0.647. The lowest BCUT2D eigenvalue weighted by Crippen LogP contribution is -2.25. The van der Waals surface area contributed by atoms with Crippen molar-refractivity contribution in [2.24, 2.45) is 5.92 Å². The van der Waals surface area contributed by atoms with Gasteiger partial charge in [0.05, 0.1) is 12.2 Å². The van der Waals surface area contributed by atoms with Gasteiger partial charge in [-0.25, -0.2) is 14.6 Å². The van der Waals surface area contributed by atoms with Gasteiger partial charge in [-0.1, -0.05) is 0 Å². The molecule has 24 heavy (non-hydrogen) atoms. The molecule has 2 aromatic heterocycles. The summed E-state index contributed by atoms with van der Waals surface area (Å²) in [6.45, 7) is 6.17. The number of fused-ring (bicyclic) bond motifs is 1. The third kappa shape index (κ3) is 3.26. The number of carbonyl (C=O) groups excluding carboxylic acids is 1. The molecule has 1 aliphatic carbocycles. The highest BCUT2D eigenvalue weighted by molar-refractivity contribution is 5.74. The van der Waals surface area contributed by atoms with E-state index in [0.29, 0.717) is 19.0 Å². The summed E-state index contributed by atoms with van der Waals surface area (Å²) in [5.74, 6) is 1.34. The summed E-state index contributed by atoms with van der Waals surface area (Å²) < 4.78 is 1.89. The lowest BCUT2D eigenvalue weighted by atomic mass is 10.0. The van der Waals surface area contributed by atoms with Gasteiger partial charge < -0.3 is 10.2 Å². The highest BCUT2D eigenvalue weighted by atomic mass is 16.1. The van der Waals surface area contributed by atoms with E-state index in [4.69, 9.17) is 5.10 Å². The molecule has 4 rings (SSSR count). The van der Waals surface area contributed by atoms with Gasteiger partial charge in [0, 0.05) is 44.9 Å². The van der Waals surface area contributed by atoms with Gasteiger partial charge in [-0.05, 0) is 31.7 Å². The molecule has 128 valence electrons. The van der Waals surface area contributed by atoms with Crippen LogP contribution in [0.2, 0.25) is 0 Å². The van der Waals surface area contributed by atoms with Crippen molar-refractivity contribution < 1.29 is 4.79 Å². The summed E-state index contributed by atoms with van der Waals surface area (Å²) in [6.07, 6.45) is 7.38. The smallest absolute Gasteiger partial charge is 0.216 e. The molecule has 0 bridgehead atoms. The van der Waals surface area contributed by atoms with Gasteiger partial charge in [0.1, 0.15) is 5.52 Å². The Morgan fingerprint density at radius 2 is 2.12 bits per heavy atom. The zero-order valence-corrected chi connectivity index (χ0v) is 14.1. The highest BCUT2D eigenvalue weighted by Crippen LogP contribution is 2.34. The Balaban J connectivity index is 1.53. The fourth-order valence-corrected chi connectivity index (χ4v) is 3.58. The predicted octanol–water partition coefficient (Wildman–Crippen LogP) is 1.16. The first-order valence-corrected chi connectivity index (χ1v) is 8.85. The van der Waals surface area contributed by atoms with E-state index >= 15 is 0 Å². The molecule has 1 atom stereocenters. The minimum absolute atomic E-state index is 0.0238. The van der Waals surface area contributed by atoms with Crippen LogP contribution in [-0.2, 0) is 11.3 Å². The van der Waals surface area contributed by atoms with Crippen LogP contribution in [0.4, 0.5) is 0 Å². The number of rotatable bonds is 6. The summed E-state index contributed by atoms with van der Waals surface area (Å²) in [6, 6.07) is 0. The molecule has 2 aromatic rings. The van der Waals surface area contributed by atoms with Gasteiger partial charge in [0.25, 0.3) is 0 Å². The number of nitrogens with zero attached hydrogens (tertiary/aromatic N) is 5. The average molecular weight is 328 g/mol. The fourth-order valence-electron chi connectivity index (χ4n) is 3.58. The van der Waals surface area contributed by atoms with E-state index < -0.39 is 0 Å². The maximum Gasteiger partial charge on any atom is 0.216 e. The molecule has 0 aromatic carbocycles. The van der Waals surface area contributed by atoms with E-state index in [1.807, 2.05) is 4.68 Å². The summed E-state index contributed by atoms with van der Waals surface area (Å²) in [5.41, 5.74) is 2.80. The van der Waals surface area contributed by atoms with E-state index in [0.717, 1.165) is 42.3 Å². The van der Waals surface area contributed by atoms with E-state index in [9.17, 15) is 4.79 Å². The molecule has 1 saturated carbocycles. The normalized spacial score (nSPS) is 21.5. The highest BCUT2D eigenvalue weighted by Gasteiger charge is 2.32. The van der Waals surface area contributed by atoms with Crippen molar-refractivity contribution in [3.8, 4) is 0 Å². The van der Waals surface area contributed by atoms with Gasteiger partial charge >= 0.3 is 0 Å². The molecule has 2 fully saturated rings. The van der Waals surface area contributed by atoms with E-state index in [1.165, 1.54) is 26.3 Å². The van der Waals surface area contributed by atoms with E-state index in [2.05, 4.69) is 20.2 Å². The van der Waals surface area contributed by atoms with E-state index in [-0.39, 0.29) is 5.91 Å². The monoisotopic (exact) mass is 328 g/mol. The van der Waals surface area contributed by atoms with Crippen LogP contribution in [0.15, 0.2) is 12.4 Å². The molecule has 0 unspecified atom stereocenters. The van der Waals surface area contributed by atoms with E-state index in [1.54, 1.807) is 12.4 Å². The quantitative estimate of drug-likeness (QED) is 0.861. The average Bonchev–Trinajstić information content (AvgIpc) is 3.13. The van der Waals surface area contributed by atoms with Gasteiger partial charge in [-0.2, -0.15) is 5.10 Å². The van der Waals surface area contributed by atoms with Crippen LogP contribution in [0, 0.1) is 5.92 Å². The Hall–Kier alpha value is -2.02. The van der Waals surface area contributed by atoms with Crippen molar-refractivity contribution in [3.05, 3.63) is 18.1 Å². The second kappa shape index (κ2) is 6.47. The van der Waals surface area contributed by atoms with Crippen LogP contribution >= 0.6 is 0 Å². The Morgan fingerprint density at radius 3 is 2.92 bits per heavy atom. The number of amides is 1. The van der Waals surface area contributed by atoms with Crippen LogP contribution in [0.3, 0.4) is 0 Å². The molecule has 0 radical (unpaired) electrons. The topological polar surface area (TPSA) is 75.9 Å². The molecule has 0 spiro atoms. The molecule has 1 N–H and O–H groups in total. The molecule has 1 aliphatic heterocycles. The van der Waals surface area contributed by atoms with Crippen molar-refractivity contribution in [2.75, 3.05) is 26.2 Å².